The van der Waals surface area contributed by atoms with E-state index in [9.17, 15) is 0 Å². The Labute approximate surface area is 117 Å². The first kappa shape index (κ1) is 12.5. The number of methoxy groups -OCH3 is 1. The van der Waals surface area contributed by atoms with Gasteiger partial charge in [-0.2, -0.15) is 0 Å². The molecule has 0 amide bonds. The van der Waals surface area contributed by atoms with Crippen molar-refractivity contribution in [3.8, 4) is 5.75 Å². The van der Waals surface area contributed by atoms with Crippen molar-refractivity contribution in [1.29, 1.82) is 0 Å². The molecule has 2 aromatic rings. The zero-order valence-electron chi connectivity index (χ0n) is 11.3. The molecule has 100 valence electrons. The Morgan fingerprint density at radius 1 is 1.47 bits per heavy atom. The number of ether oxygens (including phenoxy) is 1. The summed E-state index contributed by atoms with van der Waals surface area (Å²) in [6.45, 7) is 2.00. The van der Waals surface area contributed by atoms with Crippen molar-refractivity contribution >= 4 is 17.0 Å². The Morgan fingerprint density at radius 2 is 2.37 bits per heavy atom. The van der Waals surface area contributed by atoms with Crippen LogP contribution >= 0.6 is 11.3 Å². The van der Waals surface area contributed by atoms with Crippen LogP contribution < -0.4 is 10.1 Å². The summed E-state index contributed by atoms with van der Waals surface area (Å²) >= 11 is 1.87. The number of hydrogen-bond acceptors (Lipinski definition) is 4. The van der Waals surface area contributed by atoms with E-state index < -0.39 is 0 Å². The average Bonchev–Trinajstić information content (AvgIpc) is 2.88. The standard InChI is InChI=1S/C15H18N2OS/c1-10-8-13(14(18-2)9-16-10)17-12-4-3-5-15-11(12)6-7-19-15/h6-9,12H,3-5H2,1-2H3,(H,16,17). The fraction of sp³-hybridized carbons (Fsp3) is 0.400. The molecule has 3 nitrogen and oxygen atoms in total. The summed E-state index contributed by atoms with van der Waals surface area (Å²) < 4.78 is 5.39. The molecule has 2 aromatic heterocycles. The topological polar surface area (TPSA) is 34.1 Å². The fourth-order valence-corrected chi connectivity index (χ4v) is 3.63. The van der Waals surface area contributed by atoms with E-state index >= 15 is 0 Å². The van der Waals surface area contributed by atoms with Gasteiger partial charge in [-0.05, 0) is 49.3 Å². The second-order valence-corrected chi connectivity index (χ2v) is 5.91. The van der Waals surface area contributed by atoms with Gasteiger partial charge in [0.05, 0.1) is 25.0 Å². The van der Waals surface area contributed by atoms with Crippen LogP contribution in [0.2, 0.25) is 0 Å². The van der Waals surface area contributed by atoms with Crippen molar-refractivity contribution in [3.05, 3.63) is 39.8 Å². The van der Waals surface area contributed by atoms with Crippen LogP contribution in [0, 0.1) is 6.92 Å². The lowest BCUT2D eigenvalue weighted by Gasteiger charge is -2.25. The van der Waals surface area contributed by atoms with Crippen molar-refractivity contribution in [2.24, 2.45) is 0 Å². The number of rotatable bonds is 3. The maximum absolute atomic E-state index is 5.39. The van der Waals surface area contributed by atoms with Crippen LogP contribution in [0.15, 0.2) is 23.7 Å². The molecule has 19 heavy (non-hydrogen) atoms. The minimum atomic E-state index is 0.394. The van der Waals surface area contributed by atoms with Gasteiger partial charge in [0.15, 0.2) is 5.75 Å². The fourth-order valence-electron chi connectivity index (χ4n) is 2.65. The normalized spacial score (nSPS) is 17.9. The first-order valence-electron chi connectivity index (χ1n) is 6.61. The Hall–Kier alpha value is -1.55. The van der Waals surface area contributed by atoms with E-state index in [1.807, 2.05) is 18.3 Å². The molecule has 4 heteroatoms. The summed E-state index contributed by atoms with van der Waals surface area (Å²) in [5.41, 5.74) is 3.50. The SMILES string of the molecule is COc1cnc(C)cc1NC1CCCc2sccc21. The van der Waals surface area contributed by atoms with Crippen LogP contribution in [0.3, 0.4) is 0 Å². The maximum atomic E-state index is 5.39. The van der Waals surface area contributed by atoms with Gasteiger partial charge in [-0.15, -0.1) is 11.3 Å². The van der Waals surface area contributed by atoms with E-state index in [0.29, 0.717) is 6.04 Å². The van der Waals surface area contributed by atoms with Crippen molar-refractivity contribution in [3.63, 3.8) is 0 Å². The molecular weight excluding hydrogens is 256 g/mol. The lowest BCUT2D eigenvalue weighted by molar-refractivity contribution is 0.413. The number of pyridine rings is 1. The Balaban J connectivity index is 1.89. The quantitative estimate of drug-likeness (QED) is 0.920. The summed E-state index contributed by atoms with van der Waals surface area (Å²) in [7, 11) is 1.69. The number of nitrogens with one attached hydrogen (secondary N) is 1. The smallest absolute Gasteiger partial charge is 0.160 e. The average molecular weight is 274 g/mol. The highest BCUT2D eigenvalue weighted by molar-refractivity contribution is 7.10. The Morgan fingerprint density at radius 3 is 3.21 bits per heavy atom. The second kappa shape index (κ2) is 5.21. The van der Waals surface area contributed by atoms with Crippen LogP contribution in [0.1, 0.15) is 35.0 Å². The number of hydrogen-bond donors (Lipinski definition) is 1. The molecule has 1 aliphatic carbocycles. The largest absolute Gasteiger partial charge is 0.493 e. The van der Waals surface area contributed by atoms with Gasteiger partial charge in [0.25, 0.3) is 0 Å². The summed E-state index contributed by atoms with van der Waals surface area (Å²) in [5, 5.41) is 5.82. The molecule has 1 atom stereocenters. The van der Waals surface area contributed by atoms with Gasteiger partial charge >= 0.3 is 0 Å². The van der Waals surface area contributed by atoms with E-state index in [0.717, 1.165) is 17.1 Å². The summed E-state index contributed by atoms with van der Waals surface area (Å²) in [4.78, 5) is 5.80. The molecule has 0 radical (unpaired) electrons. The highest BCUT2D eigenvalue weighted by Crippen LogP contribution is 2.37. The minimum Gasteiger partial charge on any atom is -0.493 e. The van der Waals surface area contributed by atoms with Crippen LogP contribution in [0.25, 0.3) is 0 Å². The van der Waals surface area contributed by atoms with E-state index in [1.54, 1.807) is 13.3 Å². The van der Waals surface area contributed by atoms with Gasteiger partial charge in [-0.3, -0.25) is 4.98 Å². The van der Waals surface area contributed by atoms with E-state index in [-0.39, 0.29) is 0 Å². The van der Waals surface area contributed by atoms with E-state index in [2.05, 4.69) is 27.8 Å². The van der Waals surface area contributed by atoms with Crippen molar-refractivity contribution in [2.75, 3.05) is 12.4 Å². The number of thiophene rings is 1. The van der Waals surface area contributed by atoms with Crippen LogP contribution in [0.5, 0.6) is 5.75 Å². The molecule has 0 fully saturated rings. The molecule has 2 heterocycles. The Bertz CT molecular complexity index is 579. The van der Waals surface area contributed by atoms with E-state index in [1.165, 1.54) is 29.7 Å². The monoisotopic (exact) mass is 274 g/mol. The van der Waals surface area contributed by atoms with Gasteiger partial charge < -0.3 is 10.1 Å². The lowest BCUT2D eigenvalue weighted by atomic mass is 9.94. The molecule has 0 aromatic carbocycles. The molecule has 0 aliphatic heterocycles. The molecule has 0 saturated heterocycles. The second-order valence-electron chi connectivity index (χ2n) is 4.91. The van der Waals surface area contributed by atoms with Gasteiger partial charge in [-0.1, -0.05) is 0 Å². The molecule has 0 bridgehead atoms. The predicted octanol–water partition coefficient (Wildman–Crippen LogP) is 3.95. The predicted molar refractivity (Wildman–Crippen MR) is 79.1 cm³/mol. The van der Waals surface area contributed by atoms with Crippen LogP contribution in [-0.2, 0) is 6.42 Å². The third-order valence-electron chi connectivity index (χ3n) is 3.61. The zero-order valence-corrected chi connectivity index (χ0v) is 12.1. The van der Waals surface area contributed by atoms with Gasteiger partial charge in [-0.25, -0.2) is 0 Å². The zero-order chi connectivity index (χ0) is 13.2. The van der Waals surface area contributed by atoms with Crippen molar-refractivity contribution in [1.82, 2.24) is 4.98 Å². The summed E-state index contributed by atoms with van der Waals surface area (Å²) in [5.74, 6) is 0.813. The Kier molecular flexibility index (Phi) is 3.42. The number of anilines is 1. The molecule has 0 saturated carbocycles. The van der Waals surface area contributed by atoms with Gasteiger partial charge in [0.2, 0.25) is 0 Å². The van der Waals surface area contributed by atoms with Crippen LogP contribution in [-0.4, -0.2) is 12.1 Å². The minimum absolute atomic E-state index is 0.394. The molecule has 0 spiro atoms. The third-order valence-corrected chi connectivity index (χ3v) is 4.60. The van der Waals surface area contributed by atoms with Crippen LogP contribution in [0.4, 0.5) is 5.69 Å². The number of fused-ring (bicyclic) bond motifs is 1. The van der Waals surface area contributed by atoms with Gasteiger partial charge in [0, 0.05) is 10.6 Å². The highest BCUT2D eigenvalue weighted by Gasteiger charge is 2.22. The third kappa shape index (κ3) is 2.45. The number of nitrogens with zero attached hydrogens (tertiary/aromatic N) is 1. The molecule has 1 aliphatic rings. The first-order valence-corrected chi connectivity index (χ1v) is 7.49. The number of aromatic nitrogens is 1. The number of aryl methyl sites for hydroxylation is 2. The molecule has 3 rings (SSSR count). The molecular formula is C15H18N2OS. The summed E-state index contributed by atoms with van der Waals surface area (Å²) in [6, 6.07) is 4.70. The maximum Gasteiger partial charge on any atom is 0.160 e. The molecule has 1 unspecified atom stereocenters. The van der Waals surface area contributed by atoms with Gasteiger partial charge in [0.1, 0.15) is 0 Å². The van der Waals surface area contributed by atoms with E-state index in [4.69, 9.17) is 4.74 Å². The highest BCUT2D eigenvalue weighted by atomic mass is 32.1. The lowest BCUT2D eigenvalue weighted by Crippen LogP contribution is -2.16. The molecule has 1 N–H and O–H groups in total. The first-order chi connectivity index (χ1) is 9.28. The van der Waals surface area contributed by atoms with Crippen molar-refractivity contribution in [2.45, 2.75) is 32.2 Å². The summed E-state index contributed by atoms with van der Waals surface area (Å²) in [6.07, 6.45) is 5.43. The van der Waals surface area contributed by atoms with Crippen molar-refractivity contribution < 1.29 is 4.74 Å².